The van der Waals surface area contributed by atoms with Crippen molar-refractivity contribution in [3.8, 4) is 5.75 Å². The molecule has 1 aromatic heterocycles. The van der Waals surface area contributed by atoms with Crippen LogP contribution < -0.4 is 10.9 Å². The molecule has 2 rings (SSSR count). The van der Waals surface area contributed by atoms with E-state index in [1.165, 1.54) is 24.3 Å². The summed E-state index contributed by atoms with van der Waals surface area (Å²) < 4.78 is 38.4. The van der Waals surface area contributed by atoms with Crippen LogP contribution in [0.3, 0.4) is 0 Å². The van der Waals surface area contributed by atoms with Crippen LogP contribution in [0, 0.1) is 0 Å². The molecule has 120 valence electrons. The number of aromatic hydroxyl groups is 1. The lowest BCUT2D eigenvalue weighted by atomic mass is 10.2. The highest BCUT2D eigenvalue weighted by Crippen LogP contribution is 2.30. The number of nitrogens with zero attached hydrogens (tertiary/aromatic N) is 1. The maximum Gasteiger partial charge on any atom is 0.418 e. The Morgan fingerprint density at radius 2 is 1.65 bits per heavy atom. The van der Waals surface area contributed by atoms with E-state index in [4.69, 9.17) is 0 Å². The fraction of sp³-hybridized carbons (Fsp3) is 0.0714. The van der Waals surface area contributed by atoms with E-state index in [9.17, 15) is 27.9 Å². The van der Waals surface area contributed by atoms with E-state index in [2.05, 4.69) is 4.98 Å². The van der Waals surface area contributed by atoms with E-state index in [1.54, 1.807) is 0 Å². The van der Waals surface area contributed by atoms with Gasteiger partial charge >= 0.3 is 6.18 Å². The maximum atomic E-state index is 12.8. The van der Waals surface area contributed by atoms with Gasteiger partial charge in [0.25, 0.3) is 11.8 Å². The molecule has 0 unspecified atom stereocenters. The second-order valence-electron chi connectivity index (χ2n) is 4.32. The summed E-state index contributed by atoms with van der Waals surface area (Å²) in [6.45, 7) is 0. The lowest BCUT2D eigenvalue weighted by molar-refractivity contribution is -0.138. The van der Waals surface area contributed by atoms with Crippen molar-refractivity contribution in [3.63, 3.8) is 0 Å². The predicted molar refractivity (Wildman–Crippen MR) is 72.3 cm³/mol. The highest BCUT2D eigenvalue weighted by molar-refractivity contribution is 6.00. The summed E-state index contributed by atoms with van der Waals surface area (Å²) in [5.41, 5.74) is 1.48. The first-order valence-corrected chi connectivity index (χ1v) is 6.21. The van der Waals surface area contributed by atoms with Crippen molar-refractivity contribution in [2.75, 3.05) is 0 Å². The minimum absolute atomic E-state index is 0.148. The van der Waals surface area contributed by atoms with Gasteiger partial charge in [0.1, 0.15) is 11.4 Å². The van der Waals surface area contributed by atoms with Gasteiger partial charge in [0, 0.05) is 6.20 Å². The summed E-state index contributed by atoms with van der Waals surface area (Å²) in [6, 6.07) is 7.22. The van der Waals surface area contributed by atoms with Crippen LogP contribution in [0.2, 0.25) is 0 Å². The Hall–Kier alpha value is -3.10. The Labute approximate surface area is 127 Å². The first-order chi connectivity index (χ1) is 10.8. The molecule has 0 radical (unpaired) electrons. The minimum Gasteiger partial charge on any atom is -0.507 e. The number of carbonyl (C=O) groups is 2. The number of aromatic nitrogens is 1. The van der Waals surface area contributed by atoms with Gasteiger partial charge in [-0.1, -0.05) is 12.1 Å². The molecule has 0 saturated carbocycles. The van der Waals surface area contributed by atoms with Gasteiger partial charge in [-0.25, -0.2) is 0 Å². The molecule has 0 saturated heterocycles. The smallest absolute Gasteiger partial charge is 0.418 e. The molecule has 0 fully saturated rings. The van der Waals surface area contributed by atoms with Crippen LogP contribution in [-0.2, 0) is 6.18 Å². The standard InChI is InChI=1S/C14H10F3N3O3/c15-14(16,17)9-5-3-7-18-11(9)13(23)20-19-12(22)8-4-1-2-6-10(8)21/h1-7,21H,(H,19,22)(H,20,23). The molecular weight excluding hydrogens is 315 g/mol. The van der Waals surface area contributed by atoms with E-state index in [-0.39, 0.29) is 11.3 Å². The molecule has 0 aliphatic carbocycles. The number of amides is 2. The van der Waals surface area contributed by atoms with Crippen molar-refractivity contribution in [2.45, 2.75) is 6.18 Å². The number of hydrogen-bond acceptors (Lipinski definition) is 4. The van der Waals surface area contributed by atoms with E-state index in [1.807, 2.05) is 10.9 Å². The van der Waals surface area contributed by atoms with Crippen molar-refractivity contribution in [3.05, 3.63) is 59.4 Å². The molecule has 0 aliphatic rings. The van der Waals surface area contributed by atoms with E-state index >= 15 is 0 Å². The van der Waals surface area contributed by atoms with Crippen LogP contribution in [-0.4, -0.2) is 21.9 Å². The number of halogens is 3. The molecule has 0 spiro atoms. The van der Waals surface area contributed by atoms with Crippen molar-refractivity contribution in [1.82, 2.24) is 15.8 Å². The lowest BCUT2D eigenvalue weighted by Gasteiger charge is -2.12. The fourth-order valence-corrected chi connectivity index (χ4v) is 1.72. The average molecular weight is 325 g/mol. The van der Waals surface area contributed by atoms with E-state index in [0.717, 1.165) is 12.3 Å². The summed E-state index contributed by atoms with van der Waals surface area (Å²) in [6.07, 6.45) is -3.74. The van der Waals surface area contributed by atoms with Crippen molar-refractivity contribution in [1.29, 1.82) is 0 Å². The number of phenolic OH excluding ortho intramolecular Hbond substituents is 1. The number of phenols is 1. The fourth-order valence-electron chi connectivity index (χ4n) is 1.72. The monoisotopic (exact) mass is 325 g/mol. The Balaban J connectivity index is 2.12. The molecule has 0 aliphatic heterocycles. The normalized spacial score (nSPS) is 10.9. The summed E-state index contributed by atoms with van der Waals surface area (Å²) in [5.74, 6) is -2.46. The number of hydrogen-bond donors (Lipinski definition) is 3. The van der Waals surface area contributed by atoms with E-state index < -0.39 is 29.2 Å². The Morgan fingerprint density at radius 1 is 1.00 bits per heavy atom. The Bertz CT molecular complexity index is 747. The number of hydrazine groups is 1. The third-order valence-corrected chi connectivity index (χ3v) is 2.77. The van der Waals surface area contributed by atoms with Crippen molar-refractivity contribution < 1.29 is 27.9 Å². The van der Waals surface area contributed by atoms with Crippen LogP contribution in [0.4, 0.5) is 13.2 Å². The quantitative estimate of drug-likeness (QED) is 0.735. The lowest BCUT2D eigenvalue weighted by Crippen LogP contribution is -2.42. The zero-order chi connectivity index (χ0) is 17.0. The van der Waals surface area contributed by atoms with Gasteiger partial charge in [-0.2, -0.15) is 13.2 Å². The minimum atomic E-state index is -4.76. The second kappa shape index (κ2) is 6.34. The van der Waals surface area contributed by atoms with Crippen LogP contribution in [0.15, 0.2) is 42.6 Å². The van der Waals surface area contributed by atoms with Gasteiger partial charge in [0.05, 0.1) is 11.1 Å². The first-order valence-electron chi connectivity index (χ1n) is 6.21. The van der Waals surface area contributed by atoms with Gasteiger partial charge in [-0.05, 0) is 24.3 Å². The van der Waals surface area contributed by atoms with Crippen LogP contribution >= 0.6 is 0 Å². The largest absolute Gasteiger partial charge is 0.507 e. The van der Waals surface area contributed by atoms with Gasteiger partial charge in [-0.3, -0.25) is 25.4 Å². The highest BCUT2D eigenvalue weighted by atomic mass is 19.4. The predicted octanol–water partition coefficient (Wildman–Crippen LogP) is 1.88. The first kappa shape index (κ1) is 16.3. The SMILES string of the molecule is O=C(NNC(=O)c1ncccc1C(F)(F)F)c1ccccc1O. The average Bonchev–Trinajstić information content (AvgIpc) is 2.52. The van der Waals surface area contributed by atoms with Gasteiger partial charge in [0.2, 0.25) is 0 Å². The number of carbonyl (C=O) groups excluding carboxylic acids is 2. The van der Waals surface area contributed by atoms with Crippen LogP contribution in [0.5, 0.6) is 5.75 Å². The molecule has 6 nitrogen and oxygen atoms in total. The maximum absolute atomic E-state index is 12.8. The molecule has 2 aromatic rings. The summed E-state index contributed by atoms with van der Waals surface area (Å²) in [4.78, 5) is 26.9. The number of para-hydroxylation sites is 1. The number of benzene rings is 1. The summed E-state index contributed by atoms with van der Waals surface area (Å²) >= 11 is 0. The highest BCUT2D eigenvalue weighted by Gasteiger charge is 2.36. The Kier molecular flexibility index (Phi) is 4.49. The zero-order valence-corrected chi connectivity index (χ0v) is 11.4. The molecule has 1 aromatic carbocycles. The zero-order valence-electron chi connectivity index (χ0n) is 11.4. The van der Waals surface area contributed by atoms with E-state index in [0.29, 0.717) is 6.07 Å². The number of alkyl halides is 3. The van der Waals surface area contributed by atoms with Crippen molar-refractivity contribution >= 4 is 11.8 Å². The van der Waals surface area contributed by atoms with Gasteiger partial charge in [0.15, 0.2) is 0 Å². The van der Waals surface area contributed by atoms with Crippen LogP contribution in [0.25, 0.3) is 0 Å². The molecule has 2 amide bonds. The molecule has 0 atom stereocenters. The van der Waals surface area contributed by atoms with Crippen molar-refractivity contribution in [2.24, 2.45) is 0 Å². The summed E-state index contributed by atoms with van der Waals surface area (Å²) in [5, 5.41) is 9.48. The molecule has 0 bridgehead atoms. The molecule has 1 heterocycles. The van der Waals surface area contributed by atoms with Crippen LogP contribution in [0.1, 0.15) is 26.4 Å². The molecule has 9 heteroatoms. The number of pyridine rings is 1. The topological polar surface area (TPSA) is 91.3 Å². The summed E-state index contributed by atoms with van der Waals surface area (Å²) in [7, 11) is 0. The molecular formula is C14H10F3N3O3. The Morgan fingerprint density at radius 3 is 2.30 bits per heavy atom. The molecule has 23 heavy (non-hydrogen) atoms. The number of rotatable bonds is 2. The third kappa shape index (κ3) is 3.76. The second-order valence-corrected chi connectivity index (χ2v) is 4.32. The van der Waals surface area contributed by atoms with Gasteiger partial charge in [-0.15, -0.1) is 0 Å². The third-order valence-electron chi connectivity index (χ3n) is 2.77. The number of nitrogens with one attached hydrogen (secondary N) is 2. The molecule has 3 N–H and O–H groups in total. The van der Waals surface area contributed by atoms with Gasteiger partial charge < -0.3 is 5.11 Å².